The highest BCUT2D eigenvalue weighted by atomic mass is 14.0. The van der Waals surface area contributed by atoms with Gasteiger partial charge in [0, 0.05) is 0 Å². The van der Waals surface area contributed by atoms with Crippen LogP contribution in [-0.2, 0) is 0 Å². The maximum absolute atomic E-state index is 2.24. The van der Waals surface area contributed by atoms with E-state index in [-0.39, 0.29) is 2.85 Å². The van der Waals surface area contributed by atoms with E-state index in [1.807, 2.05) is 6.92 Å². The molecule has 0 aliphatic heterocycles. The van der Waals surface area contributed by atoms with Crippen LogP contribution in [0.3, 0.4) is 0 Å². The molecule has 0 aromatic rings. The van der Waals surface area contributed by atoms with Crippen molar-refractivity contribution < 1.29 is 2.85 Å². The van der Waals surface area contributed by atoms with E-state index < -0.39 is 0 Å². The van der Waals surface area contributed by atoms with Gasteiger partial charge >= 0.3 is 2.85 Å². The third-order valence-corrected chi connectivity index (χ3v) is 3.55. The molecule has 2 aliphatic carbocycles. The van der Waals surface area contributed by atoms with Crippen molar-refractivity contribution in [3.8, 4) is 0 Å². The second-order valence-electron chi connectivity index (χ2n) is 6.34. The lowest BCUT2D eigenvalue weighted by Crippen LogP contribution is -1.77. The van der Waals surface area contributed by atoms with Crippen LogP contribution >= 0.6 is 0 Å². The van der Waals surface area contributed by atoms with Gasteiger partial charge < -0.3 is 0 Å². The van der Waals surface area contributed by atoms with Crippen LogP contribution in [0.15, 0.2) is 23.8 Å². The largest absolute Gasteiger partial charge is 1.00 e. The molecule has 0 aromatic heterocycles. The van der Waals surface area contributed by atoms with Gasteiger partial charge in [0.15, 0.2) is 0 Å². The van der Waals surface area contributed by atoms with Crippen molar-refractivity contribution in [3.63, 3.8) is 0 Å². The van der Waals surface area contributed by atoms with Gasteiger partial charge in [-0.25, -0.2) is 0 Å². The summed E-state index contributed by atoms with van der Waals surface area (Å²) < 4.78 is 0. The fourth-order valence-corrected chi connectivity index (χ4v) is 1.47. The zero-order valence-corrected chi connectivity index (χ0v) is 15.2. The molecule has 0 spiro atoms. The summed E-state index contributed by atoms with van der Waals surface area (Å²) in [5, 5.41) is 0. The zero-order chi connectivity index (χ0) is 15.6. The maximum atomic E-state index is 2.24. The highest BCUT2D eigenvalue weighted by molar-refractivity contribution is 4.89. The molecule has 20 heavy (non-hydrogen) atoms. The summed E-state index contributed by atoms with van der Waals surface area (Å²) in [6.45, 7) is 12.8. The monoisotopic (exact) mass is 282 g/mol. The molecule has 120 valence electrons. The van der Waals surface area contributed by atoms with Crippen LogP contribution in [-0.4, -0.2) is 0 Å². The van der Waals surface area contributed by atoms with Gasteiger partial charge in [0.1, 0.15) is 0 Å². The van der Waals surface area contributed by atoms with E-state index in [0.29, 0.717) is 0 Å². The molecule has 0 heterocycles. The smallest absolute Gasteiger partial charge is 0.0890 e. The highest BCUT2D eigenvalue weighted by Gasteiger charge is 1.95. The zero-order valence-electron chi connectivity index (χ0n) is 17.2. The second kappa shape index (κ2) is 18.5. The third kappa shape index (κ3) is 26.1. The van der Waals surface area contributed by atoms with Crippen LogP contribution in [0.5, 0.6) is 0 Å². The molecule has 0 radical (unpaired) electrons. The summed E-state index contributed by atoms with van der Waals surface area (Å²) in [5.41, 5.74) is 1.38. The average molecular weight is 283 g/mol. The van der Waals surface area contributed by atoms with Gasteiger partial charge in [-0.3, -0.25) is 0 Å². The number of hydrogen-bond donors (Lipinski definition) is 0. The van der Waals surface area contributed by atoms with Crippen LogP contribution in [0.1, 0.15) is 102 Å². The lowest BCUT2D eigenvalue weighted by atomic mass is 10.2. The van der Waals surface area contributed by atoms with Gasteiger partial charge in [-0.15, -0.1) is 0 Å². The standard InChI is InChI=1S/C5H10.C5H8.C5H12.C5H10/c2*1-2-4-5-3-1;2*1-4-5(2)3/h1-5H2;1-2H,3-5H2;5H,4H2,1-3H3;4H,1-3H3/p+2. The van der Waals surface area contributed by atoms with Crippen LogP contribution in [0.4, 0.5) is 0 Å². The molecule has 0 N–H and O–H groups in total. The quantitative estimate of drug-likeness (QED) is 0.428. The van der Waals surface area contributed by atoms with Gasteiger partial charge in [-0.1, -0.05) is 83.1 Å². The Morgan fingerprint density at radius 2 is 1.25 bits per heavy atom. The minimum Gasteiger partial charge on any atom is -0.0890 e. The van der Waals surface area contributed by atoms with Crippen molar-refractivity contribution in [3.05, 3.63) is 23.8 Å². The van der Waals surface area contributed by atoms with Crippen LogP contribution in [0.2, 0.25) is 0 Å². The molecule has 0 aromatic carbocycles. The van der Waals surface area contributed by atoms with Crippen molar-refractivity contribution in [1.82, 2.24) is 0 Å². The van der Waals surface area contributed by atoms with Gasteiger partial charge in [0.05, 0.1) is 0 Å². The first-order chi connectivity index (χ1) is 9.54. The van der Waals surface area contributed by atoms with Crippen molar-refractivity contribution in [1.29, 1.82) is 0 Å². The number of rotatable bonds is 1. The van der Waals surface area contributed by atoms with E-state index in [2.05, 4.69) is 52.8 Å². The van der Waals surface area contributed by atoms with Crippen molar-refractivity contribution >= 4 is 0 Å². The van der Waals surface area contributed by atoms with Crippen LogP contribution < -0.4 is 0 Å². The predicted octanol–water partition coefficient (Wildman–Crippen LogP) is 7.93. The van der Waals surface area contributed by atoms with Crippen LogP contribution in [0, 0.1) is 5.92 Å². The van der Waals surface area contributed by atoms with Gasteiger partial charge in [-0.05, 0) is 46.0 Å². The molecule has 0 bridgehead atoms. The van der Waals surface area contributed by atoms with E-state index in [0.717, 1.165) is 5.92 Å². The Bertz CT molecular complexity index is 208. The first-order valence-electron chi connectivity index (χ1n) is 8.79. The fourth-order valence-electron chi connectivity index (χ4n) is 1.47. The summed E-state index contributed by atoms with van der Waals surface area (Å²) >= 11 is 0. The number of allylic oxidation sites excluding steroid dienone is 4. The summed E-state index contributed by atoms with van der Waals surface area (Å²) in [6, 6.07) is 0. The summed E-state index contributed by atoms with van der Waals surface area (Å²) in [5.74, 6) is 0.884. The normalized spacial score (nSPS) is 15.3. The molecule has 0 unspecified atom stereocenters. The lowest BCUT2D eigenvalue weighted by Gasteiger charge is -1.90. The summed E-state index contributed by atoms with van der Waals surface area (Å²) in [6.07, 6.45) is 19.4. The molecule has 1 fully saturated rings. The molecule has 0 heteroatoms. The Morgan fingerprint density at radius 1 is 0.950 bits per heavy atom. The molecule has 0 atom stereocenters. The topological polar surface area (TPSA) is 0 Å². The Morgan fingerprint density at radius 3 is 1.35 bits per heavy atom. The number of hydrogen-bond acceptors (Lipinski definition) is 0. The van der Waals surface area contributed by atoms with E-state index in [9.17, 15) is 0 Å². The molecule has 2 aliphatic rings. The Kier molecular flexibility index (Phi) is 20.1. The van der Waals surface area contributed by atoms with Crippen molar-refractivity contribution in [2.24, 2.45) is 5.92 Å². The highest BCUT2D eigenvalue weighted by Crippen LogP contribution is 2.15. The molecule has 2 rings (SSSR count). The summed E-state index contributed by atoms with van der Waals surface area (Å²) in [4.78, 5) is 0. The van der Waals surface area contributed by atoms with E-state index in [1.165, 1.54) is 63.4 Å². The molecule has 0 amide bonds. The van der Waals surface area contributed by atoms with E-state index >= 15 is 0 Å². The minimum absolute atomic E-state index is 0. The first kappa shape index (κ1) is 21.8. The molecular formula is C20H42+2. The summed E-state index contributed by atoms with van der Waals surface area (Å²) in [7, 11) is 0. The predicted molar refractivity (Wildman–Crippen MR) is 98.5 cm³/mol. The second-order valence-corrected chi connectivity index (χ2v) is 6.34. The first-order valence-corrected chi connectivity index (χ1v) is 8.79. The molecular weight excluding hydrogens is 240 g/mol. The van der Waals surface area contributed by atoms with E-state index in [4.69, 9.17) is 0 Å². The SMILES string of the molecule is C1=CCCC1.C1CCCC1.CC=C(C)C.CCC(C)C.[H+].[H+]. The van der Waals surface area contributed by atoms with Gasteiger partial charge in [0.25, 0.3) is 0 Å². The van der Waals surface area contributed by atoms with E-state index in [1.54, 1.807) is 0 Å². The fraction of sp³-hybridized carbons (Fsp3) is 0.800. The minimum atomic E-state index is 0. The molecule has 0 nitrogen and oxygen atoms in total. The Balaban J connectivity index is -0.0000000953. The van der Waals surface area contributed by atoms with Gasteiger partial charge in [-0.2, -0.15) is 0 Å². The molecule has 0 saturated heterocycles. The van der Waals surface area contributed by atoms with Crippen LogP contribution in [0.25, 0.3) is 0 Å². The average Bonchev–Trinajstić information content (AvgIpc) is 3.16. The maximum Gasteiger partial charge on any atom is 1.00 e. The molecule has 1 saturated carbocycles. The van der Waals surface area contributed by atoms with Crippen molar-refractivity contribution in [2.45, 2.75) is 99.3 Å². The lowest BCUT2D eigenvalue weighted by molar-refractivity contribution is 0.626. The Hall–Kier alpha value is -0.520. The van der Waals surface area contributed by atoms with Gasteiger partial charge in [0.2, 0.25) is 0 Å². The van der Waals surface area contributed by atoms with Crippen molar-refractivity contribution in [2.75, 3.05) is 0 Å². The Labute approximate surface area is 132 Å². The third-order valence-electron chi connectivity index (χ3n) is 3.55.